The van der Waals surface area contributed by atoms with E-state index in [2.05, 4.69) is 5.32 Å². The Labute approximate surface area is 105 Å². The first-order chi connectivity index (χ1) is 8.63. The van der Waals surface area contributed by atoms with Crippen LogP contribution in [0.2, 0.25) is 0 Å². The highest BCUT2D eigenvalue weighted by atomic mass is 16.3. The van der Waals surface area contributed by atoms with E-state index < -0.39 is 0 Å². The number of nitrogens with one attached hydrogen (secondary N) is 1. The lowest BCUT2D eigenvalue weighted by Gasteiger charge is -2.24. The molecule has 0 spiro atoms. The van der Waals surface area contributed by atoms with Crippen LogP contribution in [0, 0.1) is 0 Å². The first-order valence-electron chi connectivity index (χ1n) is 5.96. The van der Waals surface area contributed by atoms with Crippen LogP contribution in [0.3, 0.4) is 0 Å². The van der Waals surface area contributed by atoms with Crippen LogP contribution in [0.1, 0.15) is 12.8 Å². The minimum atomic E-state index is -0.102. The van der Waals surface area contributed by atoms with E-state index in [-0.39, 0.29) is 17.4 Å². The van der Waals surface area contributed by atoms with Crippen LogP contribution < -0.4 is 5.32 Å². The average molecular weight is 248 g/mol. The van der Waals surface area contributed by atoms with Gasteiger partial charge in [0.15, 0.2) is 0 Å². The molecule has 1 saturated heterocycles. The van der Waals surface area contributed by atoms with Gasteiger partial charge in [0.05, 0.1) is 6.54 Å². The highest BCUT2D eigenvalue weighted by Gasteiger charge is 2.18. The van der Waals surface area contributed by atoms with Crippen molar-refractivity contribution in [3.05, 3.63) is 24.3 Å². The number of carbonyl (C=O) groups is 2. The summed E-state index contributed by atoms with van der Waals surface area (Å²) in [5.74, 6) is 0.336. The zero-order chi connectivity index (χ0) is 13.0. The van der Waals surface area contributed by atoms with E-state index in [0.717, 1.165) is 0 Å². The zero-order valence-corrected chi connectivity index (χ0v) is 10.1. The van der Waals surface area contributed by atoms with Gasteiger partial charge in [-0.25, -0.2) is 0 Å². The topological polar surface area (TPSA) is 69.6 Å². The summed E-state index contributed by atoms with van der Waals surface area (Å²) in [7, 11) is 0. The molecule has 2 rings (SSSR count). The molecule has 1 aromatic carbocycles. The van der Waals surface area contributed by atoms with Gasteiger partial charge in [-0.2, -0.15) is 0 Å². The Bertz CT molecular complexity index is 432. The number of ketones is 1. The zero-order valence-electron chi connectivity index (χ0n) is 10.1. The van der Waals surface area contributed by atoms with Gasteiger partial charge in [0.2, 0.25) is 5.91 Å². The van der Waals surface area contributed by atoms with E-state index in [0.29, 0.717) is 38.2 Å². The third kappa shape index (κ3) is 3.56. The molecule has 1 amide bonds. The monoisotopic (exact) mass is 248 g/mol. The molecule has 1 aromatic rings. The van der Waals surface area contributed by atoms with Crippen LogP contribution >= 0.6 is 0 Å². The minimum Gasteiger partial charge on any atom is -0.508 e. The third-order valence-electron chi connectivity index (χ3n) is 2.93. The Morgan fingerprint density at radius 3 is 2.44 bits per heavy atom. The van der Waals surface area contributed by atoms with Crippen LogP contribution in [0.5, 0.6) is 5.75 Å². The molecule has 0 aliphatic carbocycles. The number of rotatable bonds is 3. The molecule has 1 fully saturated rings. The number of nitrogens with zero attached hydrogens (tertiary/aromatic N) is 1. The van der Waals surface area contributed by atoms with Crippen LogP contribution in [-0.4, -0.2) is 41.3 Å². The van der Waals surface area contributed by atoms with E-state index in [1.54, 1.807) is 12.1 Å². The summed E-state index contributed by atoms with van der Waals surface area (Å²) in [5, 5.41) is 11.9. The standard InChI is InChI=1S/C13H16N2O3/c16-11-3-1-10(2-4-11)14-13(18)9-15-7-5-12(17)6-8-15/h1-4,16H,5-9H2,(H,14,18). The van der Waals surface area contributed by atoms with Crippen molar-refractivity contribution in [1.29, 1.82) is 0 Å². The normalized spacial score (nSPS) is 16.6. The lowest BCUT2D eigenvalue weighted by atomic mass is 10.1. The average Bonchev–Trinajstić information content (AvgIpc) is 2.35. The number of carbonyl (C=O) groups excluding carboxylic acids is 2. The molecule has 1 aliphatic heterocycles. The van der Waals surface area contributed by atoms with Crippen molar-refractivity contribution >= 4 is 17.4 Å². The smallest absolute Gasteiger partial charge is 0.238 e. The summed E-state index contributed by atoms with van der Waals surface area (Å²) in [6.07, 6.45) is 1.07. The first-order valence-corrected chi connectivity index (χ1v) is 5.96. The minimum absolute atomic E-state index is 0.102. The maximum Gasteiger partial charge on any atom is 0.238 e. The van der Waals surface area contributed by atoms with Gasteiger partial charge in [-0.05, 0) is 24.3 Å². The van der Waals surface area contributed by atoms with Gasteiger partial charge < -0.3 is 10.4 Å². The Morgan fingerprint density at radius 1 is 1.22 bits per heavy atom. The number of anilines is 1. The van der Waals surface area contributed by atoms with Gasteiger partial charge in [-0.15, -0.1) is 0 Å². The molecule has 0 saturated carbocycles. The number of aromatic hydroxyl groups is 1. The SMILES string of the molecule is O=C1CCN(CC(=O)Nc2ccc(O)cc2)CC1. The van der Waals surface area contributed by atoms with Crippen LogP contribution in [0.15, 0.2) is 24.3 Å². The Morgan fingerprint density at radius 2 is 1.83 bits per heavy atom. The van der Waals surface area contributed by atoms with E-state index in [1.165, 1.54) is 12.1 Å². The molecular weight excluding hydrogens is 232 g/mol. The van der Waals surface area contributed by atoms with Crippen molar-refractivity contribution in [1.82, 2.24) is 4.90 Å². The van der Waals surface area contributed by atoms with Gasteiger partial charge in [-0.3, -0.25) is 14.5 Å². The number of hydrogen-bond acceptors (Lipinski definition) is 4. The van der Waals surface area contributed by atoms with E-state index >= 15 is 0 Å². The second kappa shape index (κ2) is 5.64. The largest absolute Gasteiger partial charge is 0.508 e. The molecule has 5 heteroatoms. The van der Waals surface area contributed by atoms with Crippen molar-refractivity contribution in [2.45, 2.75) is 12.8 Å². The number of phenolic OH excluding ortho intramolecular Hbond substituents is 1. The number of phenols is 1. The predicted octanol–water partition coefficient (Wildman–Crippen LogP) is 0.996. The molecule has 0 atom stereocenters. The summed E-state index contributed by atoms with van der Waals surface area (Å²) in [4.78, 5) is 24.8. The second-order valence-corrected chi connectivity index (χ2v) is 4.41. The number of benzene rings is 1. The van der Waals surface area contributed by atoms with Crippen molar-refractivity contribution in [3.8, 4) is 5.75 Å². The van der Waals surface area contributed by atoms with E-state index in [4.69, 9.17) is 5.11 Å². The molecule has 1 aliphatic rings. The lowest BCUT2D eigenvalue weighted by molar-refractivity contribution is -0.124. The fraction of sp³-hybridized carbons (Fsp3) is 0.385. The van der Waals surface area contributed by atoms with Crippen LogP contribution in [-0.2, 0) is 9.59 Å². The maximum absolute atomic E-state index is 11.7. The molecule has 96 valence electrons. The molecule has 0 bridgehead atoms. The molecule has 0 aromatic heterocycles. The Kier molecular flexibility index (Phi) is 3.94. The molecule has 1 heterocycles. The Balaban J connectivity index is 1.81. The molecular formula is C13H16N2O3. The van der Waals surface area contributed by atoms with Gasteiger partial charge in [-0.1, -0.05) is 0 Å². The van der Waals surface area contributed by atoms with Gasteiger partial charge in [0, 0.05) is 31.6 Å². The molecule has 2 N–H and O–H groups in total. The number of hydrogen-bond donors (Lipinski definition) is 2. The number of likely N-dealkylation sites (tertiary alicyclic amines) is 1. The van der Waals surface area contributed by atoms with Crippen molar-refractivity contribution < 1.29 is 14.7 Å². The summed E-state index contributed by atoms with van der Waals surface area (Å²) < 4.78 is 0. The fourth-order valence-corrected chi connectivity index (χ4v) is 1.91. The highest BCUT2D eigenvalue weighted by Crippen LogP contribution is 2.13. The number of Topliss-reactive ketones (excluding diaryl/α,β-unsaturated/α-hetero) is 1. The van der Waals surface area contributed by atoms with Crippen LogP contribution in [0.4, 0.5) is 5.69 Å². The first kappa shape index (κ1) is 12.6. The Hall–Kier alpha value is -1.88. The summed E-state index contributed by atoms with van der Waals surface area (Å²) in [6.45, 7) is 1.61. The molecule has 18 heavy (non-hydrogen) atoms. The quantitative estimate of drug-likeness (QED) is 0.783. The van der Waals surface area contributed by atoms with Crippen molar-refractivity contribution in [2.75, 3.05) is 25.0 Å². The van der Waals surface area contributed by atoms with E-state index in [9.17, 15) is 9.59 Å². The molecule has 0 unspecified atom stereocenters. The summed E-state index contributed by atoms with van der Waals surface area (Å²) in [5.41, 5.74) is 0.658. The highest BCUT2D eigenvalue weighted by molar-refractivity contribution is 5.92. The maximum atomic E-state index is 11.7. The van der Waals surface area contributed by atoms with Crippen molar-refractivity contribution in [3.63, 3.8) is 0 Å². The van der Waals surface area contributed by atoms with Gasteiger partial charge in [0.1, 0.15) is 11.5 Å². The number of amides is 1. The van der Waals surface area contributed by atoms with Gasteiger partial charge in [0.25, 0.3) is 0 Å². The molecule has 5 nitrogen and oxygen atoms in total. The molecule has 0 radical (unpaired) electrons. The fourth-order valence-electron chi connectivity index (χ4n) is 1.91. The third-order valence-corrected chi connectivity index (χ3v) is 2.93. The lowest BCUT2D eigenvalue weighted by Crippen LogP contribution is -2.39. The second-order valence-electron chi connectivity index (χ2n) is 4.41. The van der Waals surface area contributed by atoms with Crippen molar-refractivity contribution in [2.24, 2.45) is 0 Å². The van der Waals surface area contributed by atoms with E-state index in [1.807, 2.05) is 4.90 Å². The van der Waals surface area contributed by atoms with Crippen LogP contribution in [0.25, 0.3) is 0 Å². The summed E-state index contributed by atoms with van der Waals surface area (Å²) >= 11 is 0. The predicted molar refractivity (Wildman–Crippen MR) is 67.4 cm³/mol. The number of piperidine rings is 1. The summed E-state index contributed by atoms with van der Waals surface area (Å²) in [6, 6.07) is 6.34. The van der Waals surface area contributed by atoms with Gasteiger partial charge >= 0.3 is 0 Å².